The van der Waals surface area contributed by atoms with Crippen LogP contribution in [0.15, 0.2) is 36.5 Å². The van der Waals surface area contributed by atoms with Gasteiger partial charge >= 0.3 is 0 Å². The molecular formula is C12H16O. The molecule has 4 atom stereocenters. The van der Waals surface area contributed by atoms with Crippen LogP contribution in [0.2, 0.25) is 0 Å². The van der Waals surface area contributed by atoms with Crippen molar-refractivity contribution in [1.29, 1.82) is 0 Å². The van der Waals surface area contributed by atoms with Gasteiger partial charge in [-0.05, 0) is 18.3 Å². The van der Waals surface area contributed by atoms with E-state index in [9.17, 15) is 5.11 Å². The summed E-state index contributed by atoms with van der Waals surface area (Å²) in [5.74, 6) is 1.42. The van der Waals surface area contributed by atoms with Crippen LogP contribution in [0.25, 0.3) is 0 Å². The average molecular weight is 176 g/mol. The fourth-order valence-electron chi connectivity index (χ4n) is 2.26. The summed E-state index contributed by atoms with van der Waals surface area (Å²) in [6.45, 7) is 2.23. The normalized spacial score (nSPS) is 42.9. The fraction of sp³-hybridized carbons (Fsp3) is 0.500. The van der Waals surface area contributed by atoms with Gasteiger partial charge in [0.2, 0.25) is 0 Å². The molecule has 1 N–H and O–H groups in total. The number of hydrogen-bond acceptors (Lipinski definition) is 1. The molecule has 0 amide bonds. The number of rotatable bonds is 0. The van der Waals surface area contributed by atoms with E-state index in [4.69, 9.17) is 0 Å². The quantitative estimate of drug-likeness (QED) is 0.561. The topological polar surface area (TPSA) is 20.2 Å². The first-order chi connectivity index (χ1) is 6.29. The monoisotopic (exact) mass is 176 g/mol. The molecule has 0 fully saturated rings. The van der Waals surface area contributed by atoms with Crippen LogP contribution >= 0.6 is 0 Å². The first-order valence-corrected chi connectivity index (χ1v) is 4.99. The summed E-state index contributed by atoms with van der Waals surface area (Å²) >= 11 is 0. The van der Waals surface area contributed by atoms with Crippen molar-refractivity contribution in [2.24, 2.45) is 17.8 Å². The number of aliphatic hydroxyl groups is 1. The van der Waals surface area contributed by atoms with Gasteiger partial charge in [0.05, 0.1) is 6.10 Å². The van der Waals surface area contributed by atoms with Crippen LogP contribution in [0.1, 0.15) is 13.3 Å². The summed E-state index contributed by atoms with van der Waals surface area (Å²) in [6.07, 6.45) is 13.4. The molecule has 13 heavy (non-hydrogen) atoms. The molecule has 1 heteroatoms. The van der Waals surface area contributed by atoms with E-state index in [2.05, 4.69) is 37.3 Å². The summed E-state index contributed by atoms with van der Waals surface area (Å²) < 4.78 is 0. The van der Waals surface area contributed by atoms with Crippen LogP contribution in [-0.4, -0.2) is 11.2 Å². The maximum atomic E-state index is 9.83. The molecule has 0 aromatic carbocycles. The number of aliphatic hydroxyl groups excluding tert-OH is 1. The molecule has 1 nitrogen and oxygen atoms in total. The molecule has 0 aromatic heterocycles. The zero-order chi connectivity index (χ0) is 9.26. The van der Waals surface area contributed by atoms with Crippen LogP contribution in [0, 0.1) is 17.8 Å². The Morgan fingerprint density at radius 1 is 1.15 bits per heavy atom. The Morgan fingerprint density at radius 2 is 1.92 bits per heavy atom. The predicted octanol–water partition coefficient (Wildman–Crippen LogP) is 2.30. The largest absolute Gasteiger partial charge is 0.388 e. The highest BCUT2D eigenvalue weighted by atomic mass is 16.3. The van der Waals surface area contributed by atoms with E-state index >= 15 is 0 Å². The maximum Gasteiger partial charge on any atom is 0.0786 e. The van der Waals surface area contributed by atoms with Crippen LogP contribution in [0.4, 0.5) is 0 Å². The van der Waals surface area contributed by atoms with E-state index in [0.29, 0.717) is 17.8 Å². The van der Waals surface area contributed by atoms with Crippen molar-refractivity contribution in [1.82, 2.24) is 0 Å². The summed E-state index contributed by atoms with van der Waals surface area (Å²) in [5.41, 5.74) is 0. The summed E-state index contributed by atoms with van der Waals surface area (Å²) in [4.78, 5) is 0. The van der Waals surface area contributed by atoms with Crippen molar-refractivity contribution in [2.75, 3.05) is 0 Å². The first-order valence-electron chi connectivity index (χ1n) is 4.99. The minimum atomic E-state index is -0.295. The molecule has 4 unspecified atom stereocenters. The summed E-state index contributed by atoms with van der Waals surface area (Å²) in [5, 5.41) is 9.83. The Kier molecular flexibility index (Phi) is 2.36. The summed E-state index contributed by atoms with van der Waals surface area (Å²) in [6, 6.07) is 0. The van der Waals surface area contributed by atoms with Crippen molar-refractivity contribution < 1.29 is 5.11 Å². The standard InChI is InChI=1S/C12H16O/c1-9-10-5-2-3-7-11(9)12(13)8-4-6-10/h2-5,7-13H,6H2,1H3. The zero-order valence-corrected chi connectivity index (χ0v) is 7.93. The van der Waals surface area contributed by atoms with Gasteiger partial charge in [-0.25, -0.2) is 0 Å². The summed E-state index contributed by atoms with van der Waals surface area (Å²) in [7, 11) is 0. The lowest BCUT2D eigenvalue weighted by Crippen LogP contribution is -2.25. The van der Waals surface area contributed by atoms with Crippen LogP contribution in [-0.2, 0) is 0 Å². The lowest BCUT2D eigenvalue weighted by Gasteiger charge is -2.25. The third-order valence-corrected chi connectivity index (χ3v) is 3.22. The van der Waals surface area contributed by atoms with Crippen molar-refractivity contribution in [3.05, 3.63) is 36.5 Å². The van der Waals surface area contributed by atoms with Gasteiger partial charge in [-0.15, -0.1) is 0 Å². The van der Waals surface area contributed by atoms with Gasteiger partial charge in [-0.1, -0.05) is 43.4 Å². The average Bonchev–Trinajstić information content (AvgIpc) is 2.36. The molecule has 0 aliphatic heterocycles. The predicted molar refractivity (Wildman–Crippen MR) is 54.2 cm³/mol. The highest BCUT2D eigenvalue weighted by Crippen LogP contribution is 2.33. The second-order valence-electron chi connectivity index (χ2n) is 4.02. The molecule has 0 heterocycles. The number of hydrogen-bond donors (Lipinski definition) is 1. The number of fused-ring (bicyclic) bond motifs is 2. The van der Waals surface area contributed by atoms with E-state index in [-0.39, 0.29) is 6.10 Å². The molecule has 0 saturated carbocycles. The molecule has 0 radical (unpaired) electrons. The van der Waals surface area contributed by atoms with Gasteiger partial charge in [0.1, 0.15) is 0 Å². The minimum Gasteiger partial charge on any atom is -0.388 e. The van der Waals surface area contributed by atoms with Crippen molar-refractivity contribution >= 4 is 0 Å². The van der Waals surface area contributed by atoms with E-state index < -0.39 is 0 Å². The van der Waals surface area contributed by atoms with Gasteiger partial charge in [-0.2, -0.15) is 0 Å². The van der Waals surface area contributed by atoms with Gasteiger partial charge in [0, 0.05) is 5.92 Å². The molecule has 0 spiro atoms. The van der Waals surface area contributed by atoms with Crippen LogP contribution < -0.4 is 0 Å². The van der Waals surface area contributed by atoms with E-state index in [0.717, 1.165) is 6.42 Å². The van der Waals surface area contributed by atoms with E-state index in [1.165, 1.54) is 0 Å². The molecule has 70 valence electrons. The Labute approximate surface area is 79.5 Å². The SMILES string of the molecule is CC1C2C=CC=CC1C(O)C=CC2. The second kappa shape index (κ2) is 3.51. The number of allylic oxidation sites excluding steroid dienone is 4. The van der Waals surface area contributed by atoms with Gasteiger partial charge in [-0.3, -0.25) is 0 Å². The van der Waals surface area contributed by atoms with Gasteiger partial charge in [0.25, 0.3) is 0 Å². The molecule has 2 bridgehead atoms. The van der Waals surface area contributed by atoms with Crippen molar-refractivity contribution in [3.63, 3.8) is 0 Å². The van der Waals surface area contributed by atoms with Crippen LogP contribution in [0.5, 0.6) is 0 Å². The third kappa shape index (κ3) is 1.61. The maximum absolute atomic E-state index is 9.83. The Hall–Kier alpha value is -0.820. The van der Waals surface area contributed by atoms with Gasteiger partial charge in [0.15, 0.2) is 0 Å². The highest BCUT2D eigenvalue weighted by Gasteiger charge is 2.29. The minimum absolute atomic E-state index is 0.291. The van der Waals surface area contributed by atoms with Crippen molar-refractivity contribution in [2.45, 2.75) is 19.4 Å². The molecule has 0 aromatic rings. The molecule has 2 aliphatic rings. The van der Waals surface area contributed by atoms with Crippen LogP contribution in [0.3, 0.4) is 0 Å². The lowest BCUT2D eigenvalue weighted by molar-refractivity contribution is 0.137. The lowest BCUT2D eigenvalue weighted by atomic mass is 9.81. The van der Waals surface area contributed by atoms with Gasteiger partial charge < -0.3 is 5.11 Å². The van der Waals surface area contributed by atoms with Crippen molar-refractivity contribution in [3.8, 4) is 0 Å². The molecule has 2 rings (SSSR count). The molecular weight excluding hydrogens is 160 g/mol. The first kappa shape index (κ1) is 8.76. The Morgan fingerprint density at radius 3 is 2.77 bits per heavy atom. The van der Waals surface area contributed by atoms with E-state index in [1.807, 2.05) is 6.08 Å². The second-order valence-corrected chi connectivity index (χ2v) is 4.02. The Balaban J connectivity index is 2.31. The third-order valence-electron chi connectivity index (χ3n) is 3.22. The molecule has 0 saturated heterocycles. The van der Waals surface area contributed by atoms with E-state index in [1.54, 1.807) is 0 Å². The fourth-order valence-corrected chi connectivity index (χ4v) is 2.26. The smallest absolute Gasteiger partial charge is 0.0786 e. The molecule has 2 aliphatic carbocycles. The zero-order valence-electron chi connectivity index (χ0n) is 7.93. The Bertz CT molecular complexity index is 262. The highest BCUT2D eigenvalue weighted by molar-refractivity contribution is 5.17.